The van der Waals surface area contributed by atoms with E-state index in [-0.39, 0.29) is 5.82 Å². The molecule has 1 aliphatic heterocycles. The Kier molecular flexibility index (Phi) is 4.46. The van der Waals surface area contributed by atoms with Gasteiger partial charge in [-0.3, -0.25) is 0 Å². The summed E-state index contributed by atoms with van der Waals surface area (Å²) in [4.78, 5) is 2.43. The van der Waals surface area contributed by atoms with Crippen LogP contribution in [-0.2, 0) is 6.42 Å². The van der Waals surface area contributed by atoms with Crippen LogP contribution in [0.5, 0.6) is 0 Å². The maximum Gasteiger partial charge on any atom is 0.123 e. The number of halogens is 1. The summed E-state index contributed by atoms with van der Waals surface area (Å²) in [6, 6.07) is 5.62. The maximum absolute atomic E-state index is 13.4. The molecule has 106 valence electrons. The van der Waals surface area contributed by atoms with E-state index in [1.807, 2.05) is 6.07 Å². The first-order valence-electron chi connectivity index (χ1n) is 7.28. The quantitative estimate of drug-likeness (QED) is 0.908. The van der Waals surface area contributed by atoms with Crippen LogP contribution in [0.1, 0.15) is 32.8 Å². The van der Waals surface area contributed by atoms with E-state index < -0.39 is 0 Å². The summed E-state index contributed by atoms with van der Waals surface area (Å²) in [5.41, 5.74) is 7.86. The number of hydrogen-bond donors (Lipinski definition) is 1. The topological polar surface area (TPSA) is 29.3 Å². The van der Waals surface area contributed by atoms with Crippen LogP contribution in [0, 0.1) is 17.7 Å². The van der Waals surface area contributed by atoms with E-state index in [4.69, 9.17) is 5.73 Å². The standard InChI is InChI=1S/C16H25FN2/c1-11-8-12(2)13(3)19(10-11)16-5-4-15(17)9-14(16)6-7-18/h4-5,9,11-13H,6-8,10,18H2,1-3H3. The summed E-state index contributed by atoms with van der Waals surface area (Å²) in [6.07, 6.45) is 2.00. The third-order valence-corrected chi connectivity index (χ3v) is 4.36. The van der Waals surface area contributed by atoms with Gasteiger partial charge in [0.25, 0.3) is 0 Å². The highest BCUT2D eigenvalue weighted by molar-refractivity contribution is 5.55. The second-order valence-corrected chi connectivity index (χ2v) is 6.02. The van der Waals surface area contributed by atoms with Crippen molar-refractivity contribution in [2.24, 2.45) is 17.6 Å². The fourth-order valence-corrected chi connectivity index (χ4v) is 3.22. The minimum atomic E-state index is -0.169. The van der Waals surface area contributed by atoms with Crippen LogP contribution in [0.25, 0.3) is 0 Å². The molecule has 2 rings (SSSR count). The van der Waals surface area contributed by atoms with Gasteiger partial charge in [0.1, 0.15) is 5.82 Å². The molecule has 3 unspecified atom stereocenters. The molecule has 0 bridgehead atoms. The molecule has 0 aromatic heterocycles. The Hall–Kier alpha value is -1.09. The maximum atomic E-state index is 13.4. The summed E-state index contributed by atoms with van der Waals surface area (Å²) < 4.78 is 13.4. The van der Waals surface area contributed by atoms with Crippen molar-refractivity contribution in [3.8, 4) is 0 Å². The Labute approximate surface area is 115 Å². The number of nitrogens with zero attached hydrogens (tertiary/aromatic N) is 1. The van der Waals surface area contributed by atoms with Crippen LogP contribution in [0.3, 0.4) is 0 Å². The molecule has 3 heteroatoms. The lowest BCUT2D eigenvalue weighted by Gasteiger charge is -2.43. The van der Waals surface area contributed by atoms with E-state index in [0.717, 1.165) is 24.2 Å². The van der Waals surface area contributed by atoms with Crippen molar-refractivity contribution in [1.82, 2.24) is 0 Å². The van der Waals surface area contributed by atoms with Crippen LogP contribution in [-0.4, -0.2) is 19.1 Å². The van der Waals surface area contributed by atoms with Gasteiger partial charge in [0, 0.05) is 18.3 Å². The first kappa shape index (κ1) is 14.3. The van der Waals surface area contributed by atoms with Gasteiger partial charge < -0.3 is 10.6 Å². The van der Waals surface area contributed by atoms with Crippen LogP contribution >= 0.6 is 0 Å². The smallest absolute Gasteiger partial charge is 0.123 e. The Balaban J connectivity index is 2.33. The Morgan fingerprint density at radius 2 is 2.05 bits per heavy atom. The van der Waals surface area contributed by atoms with Gasteiger partial charge in [0.05, 0.1) is 0 Å². The minimum absolute atomic E-state index is 0.169. The molecule has 0 aliphatic carbocycles. The number of nitrogens with two attached hydrogens (primary N) is 1. The fraction of sp³-hybridized carbons (Fsp3) is 0.625. The molecule has 1 heterocycles. The van der Waals surface area contributed by atoms with E-state index in [0.29, 0.717) is 24.4 Å². The number of benzene rings is 1. The van der Waals surface area contributed by atoms with Crippen LogP contribution in [0.4, 0.5) is 10.1 Å². The van der Waals surface area contributed by atoms with Gasteiger partial charge in [-0.05, 0) is 61.9 Å². The molecule has 3 atom stereocenters. The Morgan fingerprint density at radius 3 is 2.74 bits per heavy atom. The number of piperidine rings is 1. The first-order valence-corrected chi connectivity index (χ1v) is 7.28. The predicted octanol–water partition coefficient (Wildman–Crippen LogP) is 3.20. The lowest BCUT2D eigenvalue weighted by Crippen LogP contribution is -2.46. The van der Waals surface area contributed by atoms with Crippen molar-refractivity contribution < 1.29 is 4.39 Å². The summed E-state index contributed by atoms with van der Waals surface area (Å²) in [7, 11) is 0. The largest absolute Gasteiger partial charge is 0.368 e. The number of hydrogen-bond acceptors (Lipinski definition) is 2. The van der Waals surface area contributed by atoms with E-state index in [1.54, 1.807) is 12.1 Å². The molecule has 2 N–H and O–H groups in total. The van der Waals surface area contributed by atoms with Crippen molar-refractivity contribution in [2.45, 2.75) is 39.7 Å². The van der Waals surface area contributed by atoms with Crippen molar-refractivity contribution in [2.75, 3.05) is 18.0 Å². The molecule has 0 radical (unpaired) electrons. The number of anilines is 1. The first-order chi connectivity index (χ1) is 9.02. The zero-order valence-electron chi connectivity index (χ0n) is 12.2. The molecule has 0 spiro atoms. The fourth-order valence-electron chi connectivity index (χ4n) is 3.22. The molecule has 19 heavy (non-hydrogen) atoms. The van der Waals surface area contributed by atoms with Crippen molar-refractivity contribution in [3.05, 3.63) is 29.6 Å². The second kappa shape index (κ2) is 5.91. The normalized spacial score (nSPS) is 27.6. The highest BCUT2D eigenvalue weighted by Gasteiger charge is 2.29. The molecule has 1 aromatic rings. The third kappa shape index (κ3) is 3.08. The second-order valence-electron chi connectivity index (χ2n) is 6.02. The van der Waals surface area contributed by atoms with Crippen LogP contribution in [0.2, 0.25) is 0 Å². The Morgan fingerprint density at radius 1 is 1.32 bits per heavy atom. The van der Waals surface area contributed by atoms with Gasteiger partial charge in [-0.1, -0.05) is 13.8 Å². The molecular formula is C16H25FN2. The van der Waals surface area contributed by atoms with Gasteiger partial charge in [-0.15, -0.1) is 0 Å². The molecule has 2 nitrogen and oxygen atoms in total. The predicted molar refractivity (Wildman–Crippen MR) is 78.9 cm³/mol. The molecule has 1 aromatic carbocycles. The van der Waals surface area contributed by atoms with E-state index in [1.165, 1.54) is 6.42 Å². The van der Waals surface area contributed by atoms with Crippen molar-refractivity contribution >= 4 is 5.69 Å². The molecule has 1 saturated heterocycles. The minimum Gasteiger partial charge on any atom is -0.368 e. The molecular weight excluding hydrogens is 239 g/mol. The zero-order chi connectivity index (χ0) is 14.0. The van der Waals surface area contributed by atoms with Crippen molar-refractivity contribution in [1.29, 1.82) is 0 Å². The average molecular weight is 264 g/mol. The van der Waals surface area contributed by atoms with Gasteiger partial charge in [-0.2, -0.15) is 0 Å². The van der Waals surface area contributed by atoms with Crippen LogP contribution < -0.4 is 10.6 Å². The highest BCUT2D eigenvalue weighted by atomic mass is 19.1. The molecule has 1 aliphatic rings. The monoisotopic (exact) mass is 264 g/mol. The van der Waals surface area contributed by atoms with Crippen LogP contribution in [0.15, 0.2) is 18.2 Å². The average Bonchev–Trinajstić information content (AvgIpc) is 2.35. The van der Waals surface area contributed by atoms with E-state index >= 15 is 0 Å². The van der Waals surface area contributed by atoms with E-state index in [9.17, 15) is 4.39 Å². The SMILES string of the molecule is CC1CC(C)C(C)N(c2ccc(F)cc2CCN)C1. The summed E-state index contributed by atoms with van der Waals surface area (Å²) >= 11 is 0. The van der Waals surface area contributed by atoms with Crippen molar-refractivity contribution in [3.63, 3.8) is 0 Å². The van der Waals surface area contributed by atoms with E-state index in [2.05, 4.69) is 25.7 Å². The Bertz CT molecular complexity index is 433. The highest BCUT2D eigenvalue weighted by Crippen LogP contribution is 2.33. The van der Waals surface area contributed by atoms with Gasteiger partial charge >= 0.3 is 0 Å². The van der Waals surface area contributed by atoms with Gasteiger partial charge in [0.2, 0.25) is 0 Å². The lowest BCUT2D eigenvalue weighted by molar-refractivity contribution is 0.296. The zero-order valence-corrected chi connectivity index (χ0v) is 12.2. The molecule has 0 amide bonds. The van der Waals surface area contributed by atoms with Gasteiger partial charge in [0.15, 0.2) is 0 Å². The lowest BCUT2D eigenvalue weighted by atomic mass is 9.85. The molecule has 0 saturated carbocycles. The number of rotatable bonds is 3. The summed E-state index contributed by atoms with van der Waals surface area (Å²) in [5, 5.41) is 0. The summed E-state index contributed by atoms with van der Waals surface area (Å²) in [6.45, 7) is 8.48. The van der Waals surface area contributed by atoms with Gasteiger partial charge in [-0.25, -0.2) is 4.39 Å². The molecule has 1 fully saturated rings. The summed E-state index contributed by atoms with van der Waals surface area (Å²) in [5.74, 6) is 1.18. The third-order valence-electron chi connectivity index (χ3n) is 4.36.